The summed E-state index contributed by atoms with van der Waals surface area (Å²) < 4.78 is 5.63. The number of nitrogens with zero attached hydrogens (tertiary/aromatic N) is 1. The quantitative estimate of drug-likeness (QED) is 0.568. The molecule has 1 heterocycles. The van der Waals surface area contributed by atoms with Crippen molar-refractivity contribution < 1.29 is 24.2 Å². The number of rotatable bonds is 9. The third-order valence-electron chi connectivity index (χ3n) is 7.82. The van der Waals surface area contributed by atoms with Gasteiger partial charge in [-0.05, 0) is 34.6 Å². The molecule has 2 N–H and O–H groups in total. The Labute approximate surface area is 205 Å². The molecule has 2 aromatic carbocycles. The Morgan fingerprint density at radius 1 is 1.03 bits per heavy atom. The van der Waals surface area contributed by atoms with E-state index in [1.165, 1.54) is 11.1 Å². The van der Waals surface area contributed by atoms with Crippen LogP contribution in [0.3, 0.4) is 0 Å². The van der Waals surface area contributed by atoms with Gasteiger partial charge in [-0.1, -0.05) is 68.3 Å². The fourth-order valence-corrected chi connectivity index (χ4v) is 5.35. The van der Waals surface area contributed by atoms with Crippen LogP contribution in [0.2, 0.25) is 0 Å². The molecule has 5 rings (SSSR count). The lowest BCUT2D eigenvalue weighted by atomic mass is 9.85. The number of hydrogen-bond acceptors (Lipinski definition) is 4. The van der Waals surface area contributed by atoms with E-state index in [0.29, 0.717) is 19.0 Å². The zero-order valence-corrected chi connectivity index (χ0v) is 20.0. The van der Waals surface area contributed by atoms with Gasteiger partial charge in [0.2, 0.25) is 5.91 Å². The number of amides is 2. The minimum atomic E-state index is -0.825. The van der Waals surface area contributed by atoms with Gasteiger partial charge in [-0.25, -0.2) is 4.79 Å². The molecule has 184 valence electrons. The van der Waals surface area contributed by atoms with Crippen molar-refractivity contribution in [1.82, 2.24) is 10.2 Å². The Hall–Kier alpha value is -3.35. The van der Waals surface area contributed by atoms with E-state index in [1.807, 2.05) is 24.3 Å². The second kappa shape index (κ2) is 9.72. The normalized spacial score (nSPS) is 18.7. The number of alkyl carbamates (subject to hydrolysis) is 1. The smallest absolute Gasteiger partial charge is 0.407 e. The molecular formula is C28H32N2O5. The number of carbonyl (C=O) groups excluding carboxylic acids is 2. The number of fused-ring (bicyclic) bond motifs is 3. The molecule has 2 fully saturated rings. The first-order valence-corrected chi connectivity index (χ1v) is 12.5. The van der Waals surface area contributed by atoms with E-state index in [4.69, 9.17) is 4.74 Å². The maximum absolute atomic E-state index is 13.1. The summed E-state index contributed by atoms with van der Waals surface area (Å²) in [6.45, 7) is 3.11. The Balaban J connectivity index is 1.15. The van der Waals surface area contributed by atoms with Crippen LogP contribution in [0.25, 0.3) is 11.1 Å². The van der Waals surface area contributed by atoms with E-state index >= 15 is 0 Å². The summed E-state index contributed by atoms with van der Waals surface area (Å²) in [6, 6.07) is 16.4. The van der Waals surface area contributed by atoms with E-state index in [9.17, 15) is 19.5 Å². The number of hydrogen-bond donors (Lipinski definition) is 2. The first-order chi connectivity index (χ1) is 16.9. The summed E-state index contributed by atoms with van der Waals surface area (Å²) in [5.41, 5.74) is 4.67. The molecule has 1 aliphatic heterocycles. The number of likely N-dealkylation sites (tertiary alicyclic amines) is 1. The predicted molar refractivity (Wildman–Crippen MR) is 131 cm³/mol. The first kappa shape index (κ1) is 23.4. The Bertz CT molecular complexity index is 1080. The van der Waals surface area contributed by atoms with E-state index in [0.717, 1.165) is 30.4 Å². The number of aliphatic carboxylic acids is 1. The van der Waals surface area contributed by atoms with E-state index in [2.05, 4.69) is 29.6 Å². The topological polar surface area (TPSA) is 95.9 Å². The van der Waals surface area contributed by atoms with E-state index in [1.54, 1.807) is 11.8 Å². The number of ether oxygens (including phenoxy) is 1. The number of benzene rings is 2. The summed E-state index contributed by atoms with van der Waals surface area (Å²) in [5, 5.41) is 12.0. The van der Waals surface area contributed by atoms with Gasteiger partial charge in [0.05, 0.1) is 11.8 Å². The minimum absolute atomic E-state index is 0.00434. The van der Waals surface area contributed by atoms with Gasteiger partial charge in [0, 0.05) is 31.5 Å². The van der Waals surface area contributed by atoms with E-state index < -0.39 is 18.0 Å². The van der Waals surface area contributed by atoms with Crippen LogP contribution in [0.5, 0.6) is 0 Å². The van der Waals surface area contributed by atoms with Gasteiger partial charge in [0.25, 0.3) is 0 Å². The lowest BCUT2D eigenvalue weighted by molar-refractivity contribution is -0.152. The Morgan fingerprint density at radius 2 is 1.63 bits per heavy atom. The summed E-state index contributed by atoms with van der Waals surface area (Å²) in [6.07, 6.45) is 2.47. The van der Waals surface area contributed by atoms with Gasteiger partial charge in [-0.15, -0.1) is 0 Å². The summed E-state index contributed by atoms with van der Waals surface area (Å²) in [5.74, 6) is -1.06. The highest BCUT2D eigenvalue weighted by Gasteiger charge is 2.40. The van der Waals surface area contributed by atoms with Crippen molar-refractivity contribution in [2.45, 2.75) is 32.1 Å². The molecule has 1 saturated carbocycles. The standard InChI is InChI=1S/C28H32N2O5/c1-17(27(32)33)20-14-30(15-20)26(31)19(12-18-10-11-18)13-29-28(34)35-16-25-23-8-4-2-6-21(23)22-7-3-5-9-24(22)25/h2-9,17-20,25H,10-16H2,1H3,(H,29,34)(H,32,33). The van der Waals surface area contributed by atoms with Crippen molar-refractivity contribution in [2.24, 2.45) is 23.7 Å². The highest BCUT2D eigenvalue weighted by molar-refractivity contribution is 5.81. The fraction of sp³-hybridized carbons (Fsp3) is 0.464. The first-order valence-electron chi connectivity index (χ1n) is 12.5. The zero-order valence-electron chi connectivity index (χ0n) is 20.0. The largest absolute Gasteiger partial charge is 0.481 e. The molecular weight excluding hydrogens is 444 g/mol. The summed E-state index contributed by atoms with van der Waals surface area (Å²) >= 11 is 0. The Morgan fingerprint density at radius 3 is 2.20 bits per heavy atom. The Kier molecular flexibility index (Phi) is 6.50. The molecule has 2 amide bonds. The van der Waals surface area contributed by atoms with Gasteiger partial charge in [-0.2, -0.15) is 0 Å². The molecule has 0 bridgehead atoms. The molecule has 0 aromatic heterocycles. The predicted octanol–water partition coefficient (Wildman–Crippen LogP) is 4.12. The molecule has 1 saturated heterocycles. The van der Waals surface area contributed by atoms with Crippen LogP contribution in [-0.2, 0) is 14.3 Å². The molecule has 7 nitrogen and oxygen atoms in total. The molecule has 0 spiro atoms. The van der Waals surface area contributed by atoms with Crippen molar-refractivity contribution in [1.29, 1.82) is 0 Å². The van der Waals surface area contributed by atoms with Gasteiger partial charge in [0.15, 0.2) is 0 Å². The van der Waals surface area contributed by atoms with Crippen LogP contribution in [0, 0.1) is 23.7 Å². The average Bonchev–Trinajstić information content (AvgIpc) is 3.59. The van der Waals surface area contributed by atoms with Crippen molar-refractivity contribution in [3.05, 3.63) is 59.7 Å². The van der Waals surface area contributed by atoms with Crippen LogP contribution in [0.15, 0.2) is 48.5 Å². The lowest BCUT2D eigenvalue weighted by Gasteiger charge is -2.42. The van der Waals surface area contributed by atoms with Crippen LogP contribution >= 0.6 is 0 Å². The third kappa shape index (κ3) is 4.90. The second-order valence-electron chi connectivity index (χ2n) is 10.2. The van der Waals surface area contributed by atoms with Gasteiger partial charge in [0.1, 0.15) is 6.61 Å². The number of carboxylic acid groups (broad SMARTS) is 1. The van der Waals surface area contributed by atoms with Gasteiger partial charge < -0.3 is 20.1 Å². The maximum Gasteiger partial charge on any atom is 0.407 e. The molecule has 2 atom stereocenters. The van der Waals surface area contributed by atoms with Crippen molar-refractivity contribution >= 4 is 18.0 Å². The maximum atomic E-state index is 13.1. The number of nitrogens with one attached hydrogen (secondary N) is 1. The zero-order chi connectivity index (χ0) is 24.5. The van der Waals surface area contributed by atoms with Crippen molar-refractivity contribution in [2.75, 3.05) is 26.2 Å². The molecule has 2 aliphatic carbocycles. The third-order valence-corrected chi connectivity index (χ3v) is 7.82. The van der Waals surface area contributed by atoms with Gasteiger partial charge >= 0.3 is 12.1 Å². The molecule has 2 aromatic rings. The van der Waals surface area contributed by atoms with Gasteiger partial charge in [-0.3, -0.25) is 9.59 Å². The summed E-state index contributed by atoms with van der Waals surface area (Å²) in [4.78, 5) is 38.6. The van der Waals surface area contributed by atoms with Crippen LogP contribution in [0.1, 0.15) is 43.2 Å². The SMILES string of the molecule is CC(C(=O)O)C1CN(C(=O)C(CNC(=O)OCC2c3ccccc3-c3ccccc32)CC2CC2)C1. The van der Waals surface area contributed by atoms with Crippen LogP contribution < -0.4 is 5.32 Å². The number of carbonyl (C=O) groups is 3. The highest BCUT2D eigenvalue weighted by atomic mass is 16.5. The van der Waals surface area contributed by atoms with Crippen molar-refractivity contribution in [3.8, 4) is 11.1 Å². The highest BCUT2D eigenvalue weighted by Crippen LogP contribution is 2.44. The molecule has 0 radical (unpaired) electrons. The molecule has 7 heteroatoms. The van der Waals surface area contributed by atoms with E-state index in [-0.39, 0.29) is 36.8 Å². The fourth-order valence-electron chi connectivity index (χ4n) is 5.35. The lowest BCUT2D eigenvalue weighted by Crippen LogP contribution is -2.56. The van der Waals surface area contributed by atoms with Crippen LogP contribution in [-0.4, -0.2) is 54.2 Å². The minimum Gasteiger partial charge on any atom is -0.481 e. The van der Waals surface area contributed by atoms with Crippen LogP contribution in [0.4, 0.5) is 4.79 Å². The monoisotopic (exact) mass is 476 g/mol. The molecule has 2 unspecified atom stereocenters. The number of carboxylic acids is 1. The van der Waals surface area contributed by atoms with Crippen molar-refractivity contribution in [3.63, 3.8) is 0 Å². The molecule has 3 aliphatic rings. The summed E-state index contributed by atoms with van der Waals surface area (Å²) in [7, 11) is 0. The average molecular weight is 477 g/mol. The second-order valence-corrected chi connectivity index (χ2v) is 10.2. The molecule has 35 heavy (non-hydrogen) atoms.